The van der Waals surface area contributed by atoms with E-state index in [0.717, 1.165) is 24.4 Å². The number of nitrogens with one attached hydrogen (secondary N) is 1. The highest BCUT2D eigenvalue weighted by Gasteiger charge is 2.15. The Bertz CT molecular complexity index is 388. The molecular weight excluding hydrogens is 248 g/mol. The second kappa shape index (κ2) is 8.38. The van der Waals surface area contributed by atoms with Gasteiger partial charge in [-0.3, -0.25) is 4.98 Å². The van der Waals surface area contributed by atoms with Crippen LogP contribution in [-0.4, -0.2) is 23.2 Å². The Balaban J connectivity index is 2.68. The van der Waals surface area contributed by atoms with E-state index in [0.29, 0.717) is 12.0 Å². The van der Waals surface area contributed by atoms with Crippen LogP contribution in [0.1, 0.15) is 61.7 Å². The van der Waals surface area contributed by atoms with Crippen LogP contribution in [0.25, 0.3) is 0 Å². The highest BCUT2D eigenvalue weighted by atomic mass is 16.3. The fourth-order valence-corrected chi connectivity index (χ4v) is 3.07. The summed E-state index contributed by atoms with van der Waals surface area (Å²) >= 11 is 0. The molecule has 0 saturated carbocycles. The highest BCUT2D eigenvalue weighted by Crippen LogP contribution is 2.22. The van der Waals surface area contributed by atoms with Crippen LogP contribution < -0.4 is 5.32 Å². The quantitative estimate of drug-likeness (QED) is 0.765. The number of hydrogen-bond acceptors (Lipinski definition) is 3. The molecule has 114 valence electrons. The minimum absolute atomic E-state index is 0.283. The molecule has 0 fully saturated rings. The van der Waals surface area contributed by atoms with Crippen LogP contribution in [0, 0.1) is 26.7 Å². The molecule has 0 amide bonds. The molecule has 3 heteroatoms. The lowest BCUT2D eigenvalue weighted by Gasteiger charge is -2.22. The van der Waals surface area contributed by atoms with E-state index >= 15 is 0 Å². The van der Waals surface area contributed by atoms with Gasteiger partial charge in [0.2, 0.25) is 0 Å². The van der Waals surface area contributed by atoms with Crippen molar-refractivity contribution in [2.24, 2.45) is 5.92 Å². The fourth-order valence-electron chi connectivity index (χ4n) is 3.07. The first-order chi connectivity index (χ1) is 9.49. The van der Waals surface area contributed by atoms with Gasteiger partial charge in [-0.1, -0.05) is 13.3 Å². The number of pyridine rings is 1. The molecule has 3 nitrogen and oxygen atoms in total. The first-order valence-corrected chi connectivity index (χ1v) is 7.78. The van der Waals surface area contributed by atoms with E-state index < -0.39 is 0 Å². The molecule has 0 bridgehead atoms. The molecule has 0 aromatic carbocycles. The van der Waals surface area contributed by atoms with Gasteiger partial charge < -0.3 is 10.4 Å². The zero-order valence-electron chi connectivity index (χ0n) is 13.7. The predicted octanol–water partition coefficient (Wildman–Crippen LogP) is 3.46. The van der Waals surface area contributed by atoms with Crippen molar-refractivity contribution in [1.82, 2.24) is 10.3 Å². The second-order valence-electron chi connectivity index (χ2n) is 5.88. The van der Waals surface area contributed by atoms with Gasteiger partial charge in [0.05, 0.1) is 0 Å². The van der Waals surface area contributed by atoms with Crippen molar-refractivity contribution in [3.05, 3.63) is 28.6 Å². The maximum Gasteiger partial charge on any atom is 0.0434 e. The lowest BCUT2D eigenvalue weighted by Crippen LogP contribution is -2.27. The summed E-state index contributed by atoms with van der Waals surface area (Å²) in [5, 5.41) is 12.7. The van der Waals surface area contributed by atoms with Gasteiger partial charge in [-0.05, 0) is 70.2 Å². The molecule has 1 aromatic rings. The first-order valence-electron chi connectivity index (χ1n) is 7.78. The summed E-state index contributed by atoms with van der Waals surface area (Å²) < 4.78 is 0. The van der Waals surface area contributed by atoms with Crippen molar-refractivity contribution in [3.63, 3.8) is 0 Å². The predicted molar refractivity (Wildman–Crippen MR) is 85.0 cm³/mol. The second-order valence-corrected chi connectivity index (χ2v) is 5.88. The molecule has 2 atom stereocenters. The Morgan fingerprint density at radius 2 is 1.95 bits per heavy atom. The molecule has 2 unspecified atom stereocenters. The topological polar surface area (TPSA) is 45.1 Å². The van der Waals surface area contributed by atoms with Crippen LogP contribution in [-0.2, 0) is 0 Å². The monoisotopic (exact) mass is 278 g/mol. The van der Waals surface area contributed by atoms with Crippen molar-refractivity contribution in [2.75, 3.05) is 13.2 Å². The summed E-state index contributed by atoms with van der Waals surface area (Å²) in [6.07, 6.45) is 3.23. The third-order valence-corrected chi connectivity index (χ3v) is 3.96. The van der Waals surface area contributed by atoms with Crippen molar-refractivity contribution < 1.29 is 5.11 Å². The van der Waals surface area contributed by atoms with E-state index in [-0.39, 0.29) is 6.61 Å². The molecule has 0 saturated heterocycles. The highest BCUT2D eigenvalue weighted by molar-refractivity contribution is 5.33. The van der Waals surface area contributed by atoms with Gasteiger partial charge in [0, 0.05) is 24.0 Å². The van der Waals surface area contributed by atoms with E-state index in [1.807, 2.05) is 6.92 Å². The fraction of sp³-hybridized carbons (Fsp3) is 0.706. The van der Waals surface area contributed by atoms with E-state index in [9.17, 15) is 0 Å². The molecule has 1 rings (SSSR count). The Kier molecular flexibility index (Phi) is 7.17. The van der Waals surface area contributed by atoms with Gasteiger partial charge in [0.1, 0.15) is 0 Å². The number of rotatable bonds is 8. The molecule has 1 aromatic heterocycles. The minimum Gasteiger partial charge on any atom is -0.396 e. The van der Waals surface area contributed by atoms with E-state index in [4.69, 9.17) is 5.11 Å². The van der Waals surface area contributed by atoms with Gasteiger partial charge in [0.15, 0.2) is 0 Å². The van der Waals surface area contributed by atoms with Crippen LogP contribution in [0.3, 0.4) is 0 Å². The van der Waals surface area contributed by atoms with Crippen molar-refractivity contribution in [3.8, 4) is 0 Å². The lowest BCUT2D eigenvalue weighted by atomic mass is 9.97. The summed E-state index contributed by atoms with van der Waals surface area (Å²) in [6, 6.07) is 2.46. The minimum atomic E-state index is 0.283. The van der Waals surface area contributed by atoms with Crippen molar-refractivity contribution in [1.29, 1.82) is 0 Å². The number of aliphatic hydroxyl groups is 1. The Hall–Kier alpha value is -0.930. The number of nitrogens with zero attached hydrogens (tertiary/aromatic N) is 1. The van der Waals surface area contributed by atoms with Crippen molar-refractivity contribution >= 4 is 0 Å². The number of aryl methyl sites for hydroxylation is 3. The van der Waals surface area contributed by atoms with Gasteiger partial charge in [0.25, 0.3) is 0 Å². The molecule has 0 radical (unpaired) electrons. The molecule has 0 spiro atoms. The molecule has 0 aliphatic rings. The van der Waals surface area contributed by atoms with Gasteiger partial charge in [-0.2, -0.15) is 0 Å². The van der Waals surface area contributed by atoms with Crippen LogP contribution in [0.15, 0.2) is 6.07 Å². The maximum atomic E-state index is 9.13. The molecule has 2 N–H and O–H groups in total. The van der Waals surface area contributed by atoms with Crippen LogP contribution in [0.4, 0.5) is 0 Å². The van der Waals surface area contributed by atoms with Crippen LogP contribution >= 0.6 is 0 Å². The zero-order valence-corrected chi connectivity index (χ0v) is 13.7. The summed E-state index contributed by atoms with van der Waals surface area (Å²) in [6.45, 7) is 11.9. The smallest absolute Gasteiger partial charge is 0.0434 e. The third-order valence-electron chi connectivity index (χ3n) is 3.96. The SMILES string of the molecule is CCCC(CCO)CNC(C)c1c(C)cc(C)nc1C. The van der Waals surface area contributed by atoms with Crippen LogP contribution in [0.5, 0.6) is 0 Å². The summed E-state index contributed by atoms with van der Waals surface area (Å²) in [5.41, 5.74) is 4.83. The van der Waals surface area contributed by atoms with E-state index in [1.54, 1.807) is 0 Å². The first kappa shape index (κ1) is 17.1. The molecular formula is C17H30N2O. The van der Waals surface area contributed by atoms with E-state index in [1.165, 1.54) is 24.0 Å². The number of aliphatic hydroxyl groups excluding tert-OH is 1. The Morgan fingerprint density at radius 1 is 1.25 bits per heavy atom. The summed E-state index contributed by atoms with van der Waals surface area (Å²) in [7, 11) is 0. The normalized spacial score (nSPS) is 14.3. The zero-order chi connectivity index (χ0) is 15.1. The lowest BCUT2D eigenvalue weighted by molar-refractivity contribution is 0.245. The van der Waals surface area contributed by atoms with Crippen molar-refractivity contribution in [2.45, 2.75) is 59.9 Å². The molecule has 0 aliphatic carbocycles. The summed E-state index contributed by atoms with van der Waals surface area (Å²) in [4.78, 5) is 4.58. The number of hydrogen-bond donors (Lipinski definition) is 2. The Morgan fingerprint density at radius 3 is 2.50 bits per heavy atom. The molecule has 0 aliphatic heterocycles. The average molecular weight is 278 g/mol. The largest absolute Gasteiger partial charge is 0.396 e. The maximum absolute atomic E-state index is 9.13. The van der Waals surface area contributed by atoms with Crippen LogP contribution in [0.2, 0.25) is 0 Å². The molecule has 1 heterocycles. The molecule has 20 heavy (non-hydrogen) atoms. The third kappa shape index (κ3) is 4.88. The van der Waals surface area contributed by atoms with E-state index in [2.05, 4.69) is 44.1 Å². The average Bonchev–Trinajstić information content (AvgIpc) is 2.35. The standard InChI is InChI=1S/C17H30N2O/c1-6-7-16(8-9-20)11-18-14(4)17-12(2)10-13(3)19-15(17)5/h10,14,16,18,20H,6-9,11H2,1-5H3. The van der Waals surface area contributed by atoms with Gasteiger partial charge >= 0.3 is 0 Å². The summed E-state index contributed by atoms with van der Waals surface area (Å²) in [5.74, 6) is 0.562. The van der Waals surface area contributed by atoms with Gasteiger partial charge in [-0.25, -0.2) is 0 Å². The number of aromatic nitrogens is 1. The Labute approximate surface area is 123 Å². The van der Waals surface area contributed by atoms with Gasteiger partial charge in [-0.15, -0.1) is 0 Å².